The summed E-state index contributed by atoms with van der Waals surface area (Å²) in [7, 11) is 0. The molecule has 1 heterocycles. The number of nitrogens with zero attached hydrogens (tertiary/aromatic N) is 2. The van der Waals surface area contributed by atoms with Gasteiger partial charge in [0.05, 0.1) is 22.2 Å². The maximum absolute atomic E-state index is 12.3. The molecule has 11 heteroatoms. The Hall–Kier alpha value is -2.69. The average molecular weight is 403 g/mol. The predicted octanol–water partition coefficient (Wildman–Crippen LogP) is 4.05. The Morgan fingerprint density at radius 1 is 1.41 bits per heavy atom. The highest BCUT2D eigenvalue weighted by molar-refractivity contribution is 7.09. The van der Waals surface area contributed by atoms with Crippen molar-refractivity contribution >= 4 is 22.9 Å². The summed E-state index contributed by atoms with van der Waals surface area (Å²) in [4.78, 5) is 27.0. The second kappa shape index (κ2) is 8.33. The Morgan fingerprint density at radius 2 is 2.11 bits per heavy atom. The summed E-state index contributed by atoms with van der Waals surface area (Å²) in [5.74, 6) is -0.875. The molecule has 1 aromatic heterocycles. The number of nitrogens with one attached hydrogen (secondary N) is 1. The highest BCUT2D eigenvalue weighted by Gasteiger charge is 2.29. The first-order chi connectivity index (χ1) is 12.6. The fourth-order valence-corrected chi connectivity index (χ4v) is 2.88. The summed E-state index contributed by atoms with van der Waals surface area (Å²) in [6.07, 6.45) is -4.57. The average Bonchev–Trinajstić information content (AvgIpc) is 3.06. The van der Waals surface area contributed by atoms with Crippen molar-refractivity contribution in [3.63, 3.8) is 0 Å². The van der Waals surface area contributed by atoms with Crippen LogP contribution in [0.3, 0.4) is 0 Å². The zero-order chi connectivity index (χ0) is 20.2. The van der Waals surface area contributed by atoms with Gasteiger partial charge in [-0.3, -0.25) is 14.9 Å². The molecule has 0 saturated carbocycles. The largest absolute Gasteiger partial charge is 0.484 e. The van der Waals surface area contributed by atoms with Crippen LogP contribution >= 0.6 is 11.3 Å². The van der Waals surface area contributed by atoms with Gasteiger partial charge in [-0.05, 0) is 12.1 Å². The molecule has 0 aliphatic carbocycles. The number of nitro benzene ring substituents is 1. The minimum atomic E-state index is -4.57. The molecular formula is C16H16F3N3O4S. The van der Waals surface area contributed by atoms with Crippen LogP contribution in [-0.2, 0) is 6.54 Å². The number of rotatable bonds is 7. The van der Waals surface area contributed by atoms with Crippen molar-refractivity contribution in [2.45, 2.75) is 32.5 Å². The Labute approximate surface area is 156 Å². The lowest BCUT2D eigenvalue weighted by molar-refractivity contribution is -0.385. The van der Waals surface area contributed by atoms with E-state index in [9.17, 15) is 28.1 Å². The van der Waals surface area contributed by atoms with Gasteiger partial charge < -0.3 is 10.1 Å². The number of hydrogen-bond donors (Lipinski definition) is 1. The van der Waals surface area contributed by atoms with Crippen molar-refractivity contribution < 1.29 is 27.6 Å². The summed E-state index contributed by atoms with van der Waals surface area (Å²) in [5.41, 5.74) is -0.337. The lowest BCUT2D eigenvalue weighted by Gasteiger charge is -2.10. The SMILES string of the molecule is CC(C)c1nc(CNC(=O)c2cc(OCC(F)(F)F)ccc2[N+](=O)[O-])cs1. The van der Waals surface area contributed by atoms with Crippen molar-refractivity contribution in [3.05, 3.63) is 50.0 Å². The van der Waals surface area contributed by atoms with E-state index >= 15 is 0 Å². The first-order valence-corrected chi connectivity index (χ1v) is 8.65. The van der Waals surface area contributed by atoms with Gasteiger partial charge in [0.2, 0.25) is 0 Å². The van der Waals surface area contributed by atoms with Gasteiger partial charge in [-0.15, -0.1) is 11.3 Å². The number of ether oxygens (including phenoxy) is 1. The van der Waals surface area contributed by atoms with Gasteiger partial charge in [0, 0.05) is 17.4 Å². The van der Waals surface area contributed by atoms with Crippen molar-refractivity contribution in [1.29, 1.82) is 0 Å². The summed E-state index contributed by atoms with van der Waals surface area (Å²) < 4.78 is 41.3. The van der Waals surface area contributed by atoms with Crippen molar-refractivity contribution in [1.82, 2.24) is 10.3 Å². The second-order valence-corrected chi connectivity index (χ2v) is 6.74. The molecule has 146 valence electrons. The van der Waals surface area contributed by atoms with E-state index in [0.717, 1.165) is 23.2 Å². The van der Waals surface area contributed by atoms with Crippen molar-refractivity contribution in [3.8, 4) is 5.75 Å². The van der Waals surface area contributed by atoms with E-state index in [0.29, 0.717) is 5.69 Å². The summed E-state index contributed by atoms with van der Waals surface area (Å²) >= 11 is 1.43. The van der Waals surface area contributed by atoms with E-state index in [1.165, 1.54) is 11.3 Å². The molecule has 0 bridgehead atoms. The third kappa shape index (κ3) is 5.91. The molecule has 1 amide bonds. The molecule has 0 spiro atoms. The van der Waals surface area contributed by atoms with Gasteiger partial charge in [-0.1, -0.05) is 13.8 Å². The van der Waals surface area contributed by atoms with E-state index in [1.807, 2.05) is 13.8 Å². The quantitative estimate of drug-likeness (QED) is 0.556. The van der Waals surface area contributed by atoms with Crippen molar-refractivity contribution in [2.75, 3.05) is 6.61 Å². The number of amides is 1. The number of hydrogen-bond acceptors (Lipinski definition) is 6. The highest BCUT2D eigenvalue weighted by atomic mass is 32.1. The minimum absolute atomic E-state index is 0.0346. The molecular weight excluding hydrogens is 387 g/mol. The molecule has 2 aromatic rings. The topological polar surface area (TPSA) is 94.4 Å². The van der Waals surface area contributed by atoms with Crippen LogP contribution in [0.1, 0.15) is 40.8 Å². The molecule has 0 saturated heterocycles. The maximum atomic E-state index is 12.3. The van der Waals surface area contributed by atoms with Gasteiger partial charge >= 0.3 is 6.18 Å². The zero-order valence-corrected chi connectivity index (χ0v) is 15.2. The monoisotopic (exact) mass is 403 g/mol. The Morgan fingerprint density at radius 3 is 2.67 bits per heavy atom. The van der Waals surface area contributed by atoms with E-state index < -0.39 is 29.3 Å². The smallest absolute Gasteiger partial charge is 0.422 e. The third-order valence-electron chi connectivity index (χ3n) is 3.31. The molecule has 1 aromatic carbocycles. The number of alkyl halides is 3. The van der Waals surface area contributed by atoms with Crippen LogP contribution in [0.15, 0.2) is 23.6 Å². The van der Waals surface area contributed by atoms with Crippen LogP contribution in [-0.4, -0.2) is 28.6 Å². The molecule has 0 atom stereocenters. The van der Waals surface area contributed by atoms with E-state index in [4.69, 9.17) is 0 Å². The number of halogens is 3. The number of aromatic nitrogens is 1. The van der Waals surface area contributed by atoms with Crippen LogP contribution in [0.2, 0.25) is 0 Å². The van der Waals surface area contributed by atoms with Crippen LogP contribution in [0.5, 0.6) is 5.75 Å². The normalized spacial score (nSPS) is 11.5. The number of benzene rings is 1. The molecule has 1 N–H and O–H groups in total. The number of carbonyl (C=O) groups is 1. The molecule has 0 fully saturated rings. The number of thiazole rings is 1. The van der Waals surface area contributed by atoms with Gasteiger partial charge in [0.25, 0.3) is 11.6 Å². The van der Waals surface area contributed by atoms with Crippen LogP contribution < -0.4 is 10.1 Å². The molecule has 2 rings (SSSR count). The molecule has 0 aliphatic rings. The minimum Gasteiger partial charge on any atom is -0.484 e. The highest BCUT2D eigenvalue weighted by Crippen LogP contribution is 2.26. The summed E-state index contributed by atoms with van der Waals surface area (Å²) in [6.45, 7) is 2.41. The van der Waals surface area contributed by atoms with Crippen molar-refractivity contribution in [2.24, 2.45) is 0 Å². The number of carbonyl (C=O) groups excluding carboxylic acids is 1. The van der Waals surface area contributed by atoms with E-state index in [-0.39, 0.29) is 23.8 Å². The Balaban J connectivity index is 2.14. The second-order valence-electron chi connectivity index (χ2n) is 5.85. The van der Waals surface area contributed by atoms with Gasteiger partial charge in [0.1, 0.15) is 11.3 Å². The Kier molecular flexibility index (Phi) is 6.37. The molecule has 0 radical (unpaired) electrons. The lowest BCUT2D eigenvalue weighted by atomic mass is 10.1. The molecule has 7 nitrogen and oxygen atoms in total. The fourth-order valence-electron chi connectivity index (χ4n) is 2.05. The predicted molar refractivity (Wildman–Crippen MR) is 92.0 cm³/mol. The van der Waals surface area contributed by atoms with Crippen LogP contribution in [0.25, 0.3) is 0 Å². The van der Waals surface area contributed by atoms with E-state index in [2.05, 4.69) is 15.0 Å². The first kappa shape index (κ1) is 20.6. The standard InChI is InChI=1S/C16H16F3N3O4S/c1-9(2)15-21-10(7-27-15)6-20-14(23)12-5-11(26-8-16(17,18)19)3-4-13(12)22(24)25/h3-5,7,9H,6,8H2,1-2H3,(H,20,23). The van der Waals surface area contributed by atoms with Crippen LogP contribution in [0, 0.1) is 10.1 Å². The fraction of sp³-hybridized carbons (Fsp3) is 0.375. The molecule has 0 aliphatic heterocycles. The number of nitro groups is 1. The summed E-state index contributed by atoms with van der Waals surface area (Å²) in [6, 6.07) is 2.86. The maximum Gasteiger partial charge on any atom is 0.422 e. The first-order valence-electron chi connectivity index (χ1n) is 7.77. The van der Waals surface area contributed by atoms with Crippen LogP contribution in [0.4, 0.5) is 18.9 Å². The van der Waals surface area contributed by atoms with E-state index in [1.54, 1.807) is 5.38 Å². The Bertz CT molecular complexity index is 837. The van der Waals surface area contributed by atoms with Gasteiger partial charge in [-0.25, -0.2) is 4.98 Å². The molecule has 27 heavy (non-hydrogen) atoms. The van der Waals surface area contributed by atoms with Gasteiger partial charge in [-0.2, -0.15) is 13.2 Å². The molecule has 0 unspecified atom stereocenters. The zero-order valence-electron chi connectivity index (χ0n) is 14.4. The third-order valence-corrected chi connectivity index (χ3v) is 4.50. The summed E-state index contributed by atoms with van der Waals surface area (Å²) in [5, 5.41) is 16.2. The van der Waals surface area contributed by atoms with Gasteiger partial charge in [0.15, 0.2) is 6.61 Å². The lowest BCUT2D eigenvalue weighted by Crippen LogP contribution is -2.24.